The van der Waals surface area contributed by atoms with E-state index in [1.807, 2.05) is 6.92 Å². The Balaban J connectivity index is 2.11. The molecule has 3 unspecified atom stereocenters. The molecule has 0 aromatic carbocycles. The number of nitrogens with zero attached hydrogens (tertiary/aromatic N) is 2. The molecule has 0 aromatic heterocycles. The van der Waals surface area contributed by atoms with Crippen LogP contribution < -0.4 is 5.32 Å². The van der Waals surface area contributed by atoms with Gasteiger partial charge in [0.1, 0.15) is 6.04 Å². The summed E-state index contributed by atoms with van der Waals surface area (Å²) in [5.74, 6) is -0.867. The molecule has 118 valence electrons. The monoisotopic (exact) mass is 297 g/mol. The third-order valence-electron chi connectivity index (χ3n) is 4.33. The lowest BCUT2D eigenvalue weighted by atomic mass is 9.93. The number of hydrogen-bond acceptors (Lipinski definition) is 3. The Morgan fingerprint density at radius 3 is 2.62 bits per heavy atom. The van der Waals surface area contributed by atoms with Crippen LogP contribution in [0.3, 0.4) is 0 Å². The zero-order valence-corrected chi connectivity index (χ0v) is 12.5. The normalized spacial score (nSPS) is 30.0. The first kappa shape index (κ1) is 15.6. The summed E-state index contributed by atoms with van der Waals surface area (Å²) in [4.78, 5) is 38.7. The molecule has 2 rings (SSSR count). The average molecular weight is 297 g/mol. The number of amides is 3. The summed E-state index contributed by atoms with van der Waals surface area (Å²) in [5.41, 5.74) is 0. The zero-order valence-electron chi connectivity index (χ0n) is 12.5. The minimum atomic E-state index is -1.07. The van der Waals surface area contributed by atoms with Gasteiger partial charge in [-0.2, -0.15) is 0 Å². The molecule has 0 aromatic rings. The molecule has 2 aliphatic heterocycles. The van der Waals surface area contributed by atoms with Gasteiger partial charge in [-0.25, -0.2) is 4.79 Å². The van der Waals surface area contributed by atoms with E-state index in [0.29, 0.717) is 25.6 Å². The number of urea groups is 1. The lowest BCUT2D eigenvalue weighted by molar-refractivity contribution is -0.142. The molecule has 21 heavy (non-hydrogen) atoms. The van der Waals surface area contributed by atoms with Gasteiger partial charge in [0.25, 0.3) is 0 Å². The largest absolute Gasteiger partial charge is 0.481 e. The van der Waals surface area contributed by atoms with Gasteiger partial charge in [-0.3, -0.25) is 9.59 Å². The van der Waals surface area contributed by atoms with Gasteiger partial charge in [0, 0.05) is 25.7 Å². The van der Waals surface area contributed by atoms with E-state index in [0.717, 1.165) is 12.8 Å². The maximum Gasteiger partial charge on any atom is 0.321 e. The van der Waals surface area contributed by atoms with E-state index in [1.54, 1.807) is 4.90 Å². The van der Waals surface area contributed by atoms with Crippen molar-refractivity contribution in [2.45, 2.75) is 45.2 Å². The molecule has 0 bridgehead atoms. The van der Waals surface area contributed by atoms with Crippen LogP contribution >= 0.6 is 0 Å². The molecular weight excluding hydrogens is 274 g/mol. The molecule has 7 heteroatoms. The molecule has 0 saturated carbocycles. The lowest BCUT2D eigenvalue weighted by Crippen LogP contribution is -2.62. The van der Waals surface area contributed by atoms with Crippen LogP contribution in [-0.4, -0.2) is 64.5 Å². The van der Waals surface area contributed by atoms with Crippen LogP contribution in [0.2, 0.25) is 0 Å². The highest BCUT2D eigenvalue weighted by Crippen LogP contribution is 2.24. The highest BCUT2D eigenvalue weighted by Gasteiger charge is 2.38. The molecule has 2 saturated heterocycles. The number of nitrogens with one attached hydrogen (secondary N) is 1. The van der Waals surface area contributed by atoms with Gasteiger partial charge >= 0.3 is 12.0 Å². The van der Waals surface area contributed by atoms with Crippen molar-refractivity contribution < 1.29 is 19.5 Å². The minimum absolute atomic E-state index is 0.122. The Kier molecular flexibility index (Phi) is 4.69. The van der Waals surface area contributed by atoms with Crippen LogP contribution in [0, 0.1) is 5.92 Å². The Morgan fingerprint density at radius 1 is 1.29 bits per heavy atom. The summed E-state index contributed by atoms with van der Waals surface area (Å²) < 4.78 is 0. The van der Waals surface area contributed by atoms with Gasteiger partial charge in [-0.1, -0.05) is 6.92 Å². The number of carboxylic acids is 1. The Hall–Kier alpha value is -1.79. The predicted molar refractivity (Wildman–Crippen MR) is 75.7 cm³/mol. The first-order valence-corrected chi connectivity index (χ1v) is 7.47. The van der Waals surface area contributed by atoms with Gasteiger partial charge in [0.2, 0.25) is 5.91 Å². The standard InChI is InChI=1S/C14H23N3O4/c1-9-3-5-16(10(2)7-9)14(21)17-6-4-15-13(20)11(17)8-12(18)19/h9-11H,3-8H2,1-2H3,(H,15,20)(H,18,19). The molecule has 3 atom stereocenters. The highest BCUT2D eigenvalue weighted by atomic mass is 16.4. The van der Waals surface area contributed by atoms with Crippen LogP contribution in [0.25, 0.3) is 0 Å². The van der Waals surface area contributed by atoms with Crippen molar-refractivity contribution in [2.75, 3.05) is 19.6 Å². The van der Waals surface area contributed by atoms with E-state index in [2.05, 4.69) is 12.2 Å². The van der Waals surface area contributed by atoms with Crippen LogP contribution in [-0.2, 0) is 9.59 Å². The maximum atomic E-state index is 12.7. The summed E-state index contributed by atoms with van der Waals surface area (Å²) >= 11 is 0. The Labute approximate surface area is 124 Å². The van der Waals surface area contributed by atoms with Crippen molar-refractivity contribution in [1.29, 1.82) is 0 Å². The topological polar surface area (TPSA) is 90.0 Å². The van der Waals surface area contributed by atoms with E-state index in [9.17, 15) is 14.4 Å². The van der Waals surface area contributed by atoms with Crippen molar-refractivity contribution in [3.63, 3.8) is 0 Å². The Bertz CT molecular complexity index is 440. The second-order valence-corrected chi connectivity index (χ2v) is 6.05. The second kappa shape index (κ2) is 6.32. The van der Waals surface area contributed by atoms with E-state index < -0.39 is 12.0 Å². The predicted octanol–water partition coefficient (Wildman–Crippen LogP) is 0.502. The summed E-state index contributed by atoms with van der Waals surface area (Å²) in [7, 11) is 0. The highest BCUT2D eigenvalue weighted by molar-refractivity contribution is 5.91. The van der Waals surface area contributed by atoms with Crippen molar-refractivity contribution in [3.05, 3.63) is 0 Å². The van der Waals surface area contributed by atoms with Gasteiger partial charge in [-0.15, -0.1) is 0 Å². The third-order valence-corrected chi connectivity index (χ3v) is 4.33. The summed E-state index contributed by atoms with van der Waals surface area (Å²) in [6.07, 6.45) is 1.53. The molecule has 2 heterocycles. The lowest BCUT2D eigenvalue weighted by Gasteiger charge is -2.42. The van der Waals surface area contributed by atoms with Crippen molar-refractivity contribution in [3.8, 4) is 0 Å². The van der Waals surface area contributed by atoms with Crippen molar-refractivity contribution >= 4 is 17.9 Å². The molecule has 0 radical (unpaired) electrons. The fraction of sp³-hybridized carbons (Fsp3) is 0.786. The van der Waals surface area contributed by atoms with Gasteiger partial charge in [0.05, 0.1) is 6.42 Å². The average Bonchev–Trinajstić information content (AvgIpc) is 2.40. The first-order valence-electron chi connectivity index (χ1n) is 7.47. The third kappa shape index (κ3) is 3.46. The molecule has 2 N–H and O–H groups in total. The zero-order chi connectivity index (χ0) is 15.6. The minimum Gasteiger partial charge on any atom is -0.481 e. The fourth-order valence-corrected chi connectivity index (χ4v) is 3.17. The number of hydrogen-bond donors (Lipinski definition) is 2. The fourth-order valence-electron chi connectivity index (χ4n) is 3.17. The van der Waals surface area contributed by atoms with Gasteiger partial charge in [-0.05, 0) is 25.7 Å². The summed E-state index contributed by atoms with van der Waals surface area (Å²) in [6.45, 7) is 5.57. The second-order valence-electron chi connectivity index (χ2n) is 6.05. The molecular formula is C14H23N3O4. The number of likely N-dealkylation sites (tertiary alicyclic amines) is 1. The molecule has 2 fully saturated rings. The smallest absolute Gasteiger partial charge is 0.321 e. The van der Waals surface area contributed by atoms with Crippen molar-refractivity contribution in [1.82, 2.24) is 15.1 Å². The molecule has 0 aliphatic carbocycles. The number of rotatable bonds is 2. The molecule has 0 spiro atoms. The van der Waals surface area contributed by atoms with E-state index in [-0.39, 0.29) is 24.4 Å². The van der Waals surface area contributed by atoms with Crippen LogP contribution in [0.5, 0.6) is 0 Å². The number of piperidine rings is 1. The van der Waals surface area contributed by atoms with E-state index in [4.69, 9.17) is 5.11 Å². The van der Waals surface area contributed by atoms with Crippen LogP contribution in [0.15, 0.2) is 0 Å². The van der Waals surface area contributed by atoms with E-state index in [1.165, 1.54) is 4.90 Å². The number of carbonyl (C=O) groups is 3. The number of carbonyl (C=O) groups excluding carboxylic acids is 2. The molecule has 2 aliphatic rings. The summed E-state index contributed by atoms with van der Waals surface area (Å²) in [5, 5.41) is 11.6. The maximum absolute atomic E-state index is 12.7. The number of aliphatic carboxylic acids is 1. The van der Waals surface area contributed by atoms with Crippen LogP contribution in [0.4, 0.5) is 4.79 Å². The van der Waals surface area contributed by atoms with Crippen LogP contribution in [0.1, 0.15) is 33.1 Å². The number of piperazine rings is 1. The van der Waals surface area contributed by atoms with Gasteiger partial charge in [0.15, 0.2) is 0 Å². The Morgan fingerprint density at radius 2 is 2.00 bits per heavy atom. The van der Waals surface area contributed by atoms with E-state index >= 15 is 0 Å². The molecule has 7 nitrogen and oxygen atoms in total. The SMILES string of the molecule is CC1CCN(C(=O)N2CCNC(=O)C2CC(=O)O)C(C)C1. The van der Waals surface area contributed by atoms with Gasteiger partial charge < -0.3 is 20.2 Å². The quantitative estimate of drug-likeness (QED) is 0.776. The number of carboxylic acid groups (broad SMARTS) is 1. The first-order chi connectivity index (χ1) is 9.90. The summed E-state index contributed by atoms with van der Waals surface area (Å²) in [6, 6.07) is -0.998. The van der Waals surface area contributed by atoms with Crippen molar-refractivity contribution in [2.24, 2.45) is 5.92 Å². The molecule has 3 amide bonds.